The van der Waals surface area contributed by atoms with Crippen molar-refractivity contribution in [3.05, 3.63) is 0 Å². The minimum Gasteiger partial charge on any atom is -0.462 e. The molecular weight excluding hydrogens is 681 g/mol. The lowest BCUT2D eigenvalue weighted by atomic mass is 10.0. The molecule has 1 unspecified atom stereocenters. The lowest BCUT2D eigenvalue weighted by Gasteiger charge is -2.23. The van der Waals surface area contributed by atoms with Crippen LogP contribution in [0.3, 0.4) is 0 Å². The van der Waals surface area contributed by atoms with Crippen molar-refractivity contribution in [2.45, 2.75) is 226 Å². The van der Waals surface area contributed by atoms with E-state index in [1.54, 1.807) is 0 Å². The molecule has 1 fully saturated rings. The number of hydrogen-bond donors (Lipinski definition) is 0. The minimum absolute atomic E-state index is 0.00565. The first kappa shape index (κ1) is 49.7. The second kappa shape index (κ2) is 35.2. The topological polar surface area (TPSA) is 76.1 Å². The van der Waals surface area contributed by atoms with Gasteiger partial charge in [0.2, 0.25) is 0 Å². The van der Waals surface area contributed by atoms with Crippen molar-refractivity contribution in [3.63, 3.8) is 0 Å². The zero-order chi connectivity index (χ0) is 38.8. The van der Waals surface area contributed by atoms with Crippen molar-refractivity contribution in [1.29, 1.82) is 0 Å². The molecule has 0 spiro atoms. The van der Waals surface area contributed by atoms with Gasteiger partial charge in [-0.1, -0.05) is 142 Å². The molecule has 0 N–H and O–H groups in total. The number of carbonyl (C=O) groups excluding carboxylic acids is 3. The van der Waals surface area contributed by atoms with Crippen molar-refractivity contribution in [2.24, 2.45) is 5.92 Å². The van der Waals surface area contributed by atoms with E-state index in [1.807, 2.05) is 4.90 Å². The maximum Gasteiger partial charge on any atom is 0.306 e. The van der Waals surface area contributed by atoms with Crippen LogP contribution in [0.15, 0.2) is 0 Å². The quantitative estimate of drug-likeness (QED) is 0.0464. The van der Waals surface area contributed by atoms with Gasteiger partial charge in [0.05, 0.1) is 0 Å². The fraction of sp³-hybridized carbons (Fsp3) is 0.933. The number of amides is 1. The zero-order valence-electron chi connectivity index (χ0n) is 35.6. The number of hydrogen-bond acceptors (Lipinski definition) is 7. The van der Waals surface area contributed by atoms with E-state index in [-0.39, 0.29) is 29.4 Å². The number of thioether (sulfide) groups is 1. The Morgan fingerprint density at radius 1 is 0.585 bits per heavy atom. The third kappa shape index (κ3) is 28.7. The van der Waals surface area contributed by atoms with Crippen LogP contribution in [-0.2, 0) is 19.1 Å². The van der Waals surface area contributed by atoms with Crippen LogP contribution < -0.4 is 0 Å². The average molecular weight is 767 g/mol. The lowest BCUT2D eigenvalue weighted by molar-refractivity contribution is -0.150. The van der Waals surface area contributed by atoms with E-state index in [0.29, 0.717) is 44.7 Å². The van der Waals surface area contributed by atoms with Crippen LogP contribution in [0.25, 0.3) is 0 Å². The van der Waals surface area contributed by atoms with E-state index in [0.717, 1.165) is 76.6 Å². The van der Waals surface area contributed by atoms with E-state index < -0.39 is 0 Å². The number of likely N-dealkylation sites (tertiary alicyclic amines) is 1. The highest BCUT2D eigenvalue weighted by molar-refractivity contribution is 8.13. The van der Waals surface area contributed by atoms with Gasteiger partial charge in [-0.25, -0.2) is 0 Å². The van der Waals surface area contributed by atoms with Gasteiger partial charge in [-0.3, -0.25) is 14.4 Å². The molecule has 7 nitrogen and oxygen atoms in total. The predicted octanol–water partition coefficient (Wildman–Crippen LogP) is 12.9. The summed E-state index contributed by atoms with van der Waals surface area (Å²) in [6.07, 6.45) is 31.1. The smallest absolute Gasteiger partial charge is 0.306 e. The molecule has 312 valence electrons. The predicted molar refractivity (Wildman–Crippen MR) is 227 cm³/mol. The Balaban J connectivity index is 2.69. The van der Waals surface area contributed by atoms with Gasteiger partial charge in [0, 0.05) is 38.2 Å². The molecule has 1 atom stereocenters. The molecule has 0 aromatic carbocycles. The molecule has 0 aromatic heterocycles. The van der Waals surface area contributed by atoms with E-state index in [9.17, 15) is 14.4 Å². The molecule has 1 aliphatic rings. The number of unbranched alkanes of at least 4 members (excludes halogenated alkanes) is 16. The zero-order valence-corrected chi connectivity index (χ0v) is 36.4. The number of esters is 2. The normalized spacial score (nSPS) is 14.7. The van der Waals surface area contributed by atoms with Crippen molar-refractivity contribution in [1.82, 2.24) is 9.80 Å². The Morgan fingerprint density at radius 2 is 0.962 bits per heavy atom. The third-order valence-corrected chi connectivity index (χ3v) is 12.1. The second-order valence-corrected chi connectivity index (χ2v) is 17.2. The molecule has 0 bridgehead atoms. The van der Waals surface area contributed by atoms with Crippen LogP contribution in [0.2, 0.25) is 0 Å². The van der Waals surface area contributed by atoms with E-state index in [1.165, 1.54) is 114 Å². The molecule has 0 aliphatic carbocycles. The highest BCUT2D eigenvalue weighted by Gasteiger charge is 2.23. The number of ether oxygens (including phenoxy) is 2. The fourth-order valence-electron chi connectivity index (χ4n) is 7.48. The Hall–Kier alpha value is -1.28. The molecule has 0 aromatic rings. The van der Waals surface area contributed by atoms with Crippen LogP contribution in [-0.4, -0.2) is 78.2 Å². The van der Waals surface area contributed by atoms with Crippen molar-refractivity contribution in [2.75, 3.05) is 39.0 Å². The maximum atomic E-state index is 13.5. The van der Waals surface area contributed by atoms with Gasteiger partial charge in [-0.05, 0) is 90.1 Å². The first-order chi connectivity index (χ1) is 25.8. The first-order valence-electron chi connectivity index (χ1n) is 22.8. The van der Waals surface area contributed by atoms with Crippen molar-refractivity contribution in [3.8, 4) is 0 Å². The summed E-state index contributed by atoms with van der Waals surface area (Å²) < 4.78 is 12.1. The number of nitrogens with zero attached hydrogens (tertiary/aromatic N) is 2. The SMILES string of the molecule is CCCCCCCC(CCCCCCC)OC(=O)CCCN(CCCC(=O)OC(CCCCCCC)CCCCCCC)C(=O)SCC1CCN(C)C1. The lowest BCUT2D eigenvalue weighted by Crippen LogP contribution is -2.32. The molecule has 1 heterocycles. The molecule has 0 radical (unpaired) electrons. The van der Waals surface area contributed by atoms with E-state index in [4.69, 9.17) is 9.47 Å². The Bertz CT molecular complexity index is 809. The van der Waals surface area contributed by atoms with E-state index >= 15 is 0 Å². The molecule has 0 saturated carbocycles. The van der Waals surface area contributed by atoms with Gasteiger partial charge in [-0.15, -0.1) is 0 Å². The Morgan fingerprint density at radius 3 is 1.30 bits per heavy atom. The molecule has 1 amide bonds. The van der Waals surface area contributed by atoms with Gasteiger partial charge in [0.1, 0.15) is 12.2 Å². The van der Waals surface area contributed by atoms with Crippen LogP contribution in [0, 0.1) is 5.92 Å². The molecular formula is C45H86N2O5S. The molecule has 1 aliphatic heterocycles. The van der Waals surface area contributed by atoms with Crippen molar-refractivity contribution < 1.29 is 23.9 Å². The molecule has 8 heteroatoms. The third-order valence-electron chi connectivity index (χ3n) is 10.9. The van der Waals surface area contributed by atoms with Crippen LogP contribution in [0.1, 0.15) is 214 Å². The van der Waals surface area contributed by atoms with Gasteiger partial charge in [0.15, 0.2) is 0 Å². The first-order valence-corrected chi connectivity index (χ1v) is 23.8. The number of carbonyl (C=O) groups is 3. The minimum atomic E-state index is -0.134. The summed E-state index contributed by atoms with van der Waals surface area (Å²) in [7, 11) is 2.14. The summed E-state index contributed by atoms with van der Waals surface area (Å²) >= 11 is 1.41. The molecule has 1 saturated heterocycles. The fourth-order valence-corrected chi connectivity index (χ4v) is 8.50. The Labute approximate surface area is 332 Å². The second-order valence-electron chi connectivity index (χ2n) is 16.2. The van der Waals surface area contributed by atoms with Gasteiger partial charge in [0.25, 0.3) is 5.24 Å². The monoisotopic (exact) mass is 767 g/mol. The largest absolute Gasteiger partial charge is 0.462 e. The maximum absolute atomic E-state index is 13.5. The average Bonchev–Trinajstić information content (AvgIpc) is 3.57. The summed E-state index contributed by atoms with van der Waals surface area (Å²) in [5.41, 5.74) is 0. The van der Waals surface area contributed by atoms with Crippen LogP contribution >= 0.6 is 11.8 Å². The highest BCUT2D eigenvalue weighted by atomic mass is 32.2. The summed E-state index contributed by atoms with van der Waals surface area (Å²) in [6, 6.07) is 0. The van der Waals surface area contributed by atoms with Gasteiger partial charge < -0.3 is 19.3 Å². The number of rotatable bonds is 36. The summed E-state index contributed by atoms with van der Waals surface area (Å²) in [4.78, 5) is 43.8. The summed E-state index contributed by atoms with van der Waals surface area (Å²) in [5, 5.41) is 0.0651. The van der Waals surface area contributed by atoms with Crippen LogP contribution in [0.5, 0.6) is 0 Å². The Kier molecular flexibility index (Phi) is 33.0. The molecule has 1 rings (SSSR count). The van der Waals surface area contributed by atoms with Crippen molar-refractivity contribution >= 4 is 28.9 Å². The summed E-state index contributed by atoms with van der Waals surface area (Å²) in [6.45, 7) is 12.1. The standard InChI is InChI=1S/C45H86N2O5S/c1-6-10-14-18-22-28-41(29-23-19-15-11-7-2)51-43(48)32-26-35-47(45(50)53-39-40-34-37-46(5)38-40)36-27-33-44(49)52-42(30-24-20-16-12-8-3)31-25-21-17-13-9-4/h40-42H,6-39H2,1-5H3. The molecule has 53 heavy (non-hydrogen) atoms. The highest BCUT2D eigenvalue weighted by Crippen LogP contribution is 2.23. The van der Waals surface area contributed by atoms with E-state index in [2.05, 4.69) is 39.6 Å². The summed E-state index contributed by atoms with van der Waals surface area (Å²) in [5.74, 6) is 1.08. The van der Waals surface area contributed by atoms with Gasteiger partial charge >= 0.3 is 11.9 Å². The van der Waals surface area contributed by atoms with Gasteiger partial charge in [-0.2, -0.15) is 0 Å². The van der Waals surface area contributed by atoms with Crippen LogP contribution in [0.4, 0.5) is 4.79 Å².